The average molecular weight is 208 g/mol. The van der Waals surface area contributed by atoms with Crippen molar-refractivity contribution >= 4 is 11.8 Å². The third-order valence-electron chi connectivity index (χ3n) is 2.10. The SMILES string of the molecule is COC(=O)c1ccc(C(C)(C)C)nc1N. The zero-order valence-corrected chi connectivity index (χ0v) is 9.50. The number of nitrogen functional groups attached to an aromatic ring is 1. The molecule has 4 heteroatoms. The molecule has 82 valence electrons. The van der Waals surface area contributed by atoms with Crippen LogP contribution < -0.4 is 5.73 Å². The van der Waals surface area contributed by atoms with Crippen LogP contribution >= 0.6 is 0 Å². The highest BCUT2D eigenvalue weighted by molar-refractivity contribution is 5.93. The number of carbonyl (C=O) groups is 1. The third kappa shape index (κ3) is 2.46. The van der Waals surface area contributed by atoms with Crippen LogP contribution in [0, 0.1) is 0 Å². The normalized spacial score (nSPS) is 11.2. The van der Waals surface area contributed by atoms with Crippen LogP contribution in [0.25, 0.3) is 0 Å². The molecular weight excluding hydrogens is 192 g/mol. The number of nitrogens with two attached hydrogens (primary N) is 1. The molecule has 1 aromatic heterocycles. The molecule has 0 aliphatic heterocycles. The monoisotopic (exact) mass is 208 g/mol. The second-order valence-electron chi connectivity index (χ2n) is 4.37. The second-order valence-corrected chi connectivity index (χ2v) is 4.37. The van der Waals surface area contributed by atoms with Crippen molar-refractivity contribution in [3.05, 3.63) is 23.4 Å². The van der Waals surface area contributed by atoms with E-state index < -0.39 is 5.97 Å². The first-order valence-corrected chi connectivity index (χ1v) is 4.71. The van der Waals surface area contributed by atoms with Crippen molar-refractivity contribution in [3.8, 4) is 0 Å². The van der Waals surface area contributed by atoms with E-state index in [9.17, 15) is 4.79 Å². The predicted molar refractivity (Wildman–Crippen MR) is 58.7 cm³/mol. The molecule has 1 aromatic rings. The molecule has 0 saturated heterocycles. The van der Waals surface area contributed by atoms with Gasteiger partial charge in [-0.25, -0.2) is 9.78 Å². The van der Waals surface area contributed by atoms with Crippen LogP contribution in [-0.4, -0.2) is 18.1 Å². The molecule has 0 aliphatic rings. The quantitative estimate of drug-likeness (QED) is 0.714. The predicted octanol–water partition coefficient (Wildman–Crippen LogP) is 1.75. The Labute approximate surface area is 89.5 Å². The fraction of sp³-hybridized carbons (Fsp3) is 0.455. The Hall–Kier alpha value is -1.58. The molecule has 2 N–H and O–H groups in total. The Balaban J connectivity index is 3.15. The van der Waals surface area contributed by atoms with Gasteiger partial charge in [0.25, 0.3) is 0 Å². The van der Waals surface area contributed by atoms with Crippen molar-refractivity contribution in [1.82, 2.24) is 4.98 Å². The third-order valence-corrected chi connectivity index (χ3v) is 2.10. The molecule has 1 rings (SSSR count). The van der Waals surface area contributed by atoms with Crippen LogP contribution in [0.1, 0.15) is 36.8 Å². The number of nitrogens with zero attached hydrogens (tertiary/aromatic N) is 1. The number of anilines is 1. The zero-order chi connectivity index (χ0) is 11.6. The van der Waals surface area contributed by atoms with E-state index in [1.165, 1.54) is 7.11 Å². The topological polar surface area (TPSA) is 65.2 Å². The van der Waals surface area contributed by atoms with Gasteiger partial charge in [0.1, 0.15) is 11.4 Å². The zero-order valence-electron chi connectivity index (χ0n) is 9.50. The summed E-state index contributed by atoms with van der Waals surface area (Å²) in [6.45, 7) is 6.10. The van der Waals surface area contributed by atoms with Gasteiger partial charge in [0.2, 0.25) is 0 Å². The van der Waals surface area contributed by atoms with Crippen molar-refractivity contribution in [1.29, 1.82) is 0 Å². The number of carbonyl (C=O) groups excluding carboxylic acids is 1. The number of methoxy groups -OCH3 is 1. The van der Waals surface area contributed by atoms with Crippen LogP contribution in [0.5, 0.6) is 0 Å². The summed E-state index contributed by atoms with van der Waals surface area (Å²) in [5.74, 6) is -0.241. The van der Waals surface area contributed by atoms with Gasteiger partial charge in [-0.3, -0.25) is 0 Å². The number of rotatable bonds is 1. The summed E-state index contributed by atoms with van der Waals surface area (Å²) in [6, 6.07) is 3.44. The number of hydrogen-bond acceptors (Lipinski definition) is 4. The van der Waals surface area contributed by atoms with Gasteiger partial charge in [-0.2, -0.15) is 0 Å². The van der Waals surface area contributed by atoms with E-state index in [1.807, 2.05) is 20.8 Å². The Morgan fingerprint density at radius 3 is 2.40 bits per heavy atom. The molecule has 0 aliphatic carbocycles. The summed E-state index contributed by atoms with van der Waals surface area (Å²) in [4.78, 5) is 15.4. The first kappa shape index (κ1) is 11.5. The lowest BCUT2D eigenvalue weighted by Gasteiger charge is -2.18. The van der Waals surface area contributed by atoms with E-state index in [1.54, 1.807) is 12.1 Å². The lowest BCUT2D eigenvalue weighted by molar-refractivity contribution is 0.0601. The lowest BCUT2D eigenvalue weighted by Crippen LogP contribution is -2.16. The molecule has 4 nitrogen and oxygen atoms in total. The minimum atomic E-state index is -0.458. The Morgan fingerprint density at radius 1 is 1.40 bits per heavy atom. The van der Waals surface area contributed by atoms with Gasteiger partial charge in [0.15, 0.2) is 0 Å². The van der Waals surface area contributed by atoms with Crippen LogP contribution in [-0.2, 0) is 10.2 Å². The number of ether oxygens (including phenoxy) is 1. The minimum Gasteiger partial charge on any atom is -0.465 e. The number of hydrogen-bond donors (Lipinski definition) is 1. The second kappa shape index (κ2) is 3.88. The van der Waals surface area contributed by atoms with Crippen LogP contribution in [0.4, 0.5) is 5.82 Å². The largest absolute Gasteiger partial charge is 0.465 e. The molecule has 0 saturated carbocycles. The van der Waals surface area contributed by atoms with Gasteiger partial charge in [0.05, 0.1) is 7.11 Å². The van der Waals surface area contributed by atoms with Crippen LogP contribution in [0.3, 0.4) is 0 Å². The van der Waals surface area contributed by atoms with Gasteiger partial charge >= 0.3 is 5.97 Å². The molecule has 0 atom stereocenters. The van der Waals surface area contributed by atoms with Gasteiger partial charge in [-0.15, -0.1) is 0 Å². The van der Waals surface area contributed by atoms with E-state index in [-0.39, 0.29) is 11.2 Å². The maximum Gasteiger partial charge on any atom is 0.341 e. The average Bonchev–Trinajstić information content (AvgIpc) is 2.15. The molecule has 0 bridgehead atoms. The first-order chi connectivity index (χ1) is 6.86. The fourth-order valence-corrected chi connectivity index (χ4v) is 1.18. The summed E-state index contributed by atoms with van der Waals surface area (Å²) in [5, 5.41) is 0. The van der Waals surface area contributed by atoms with Crippen molar-refractivity contribution in [2.75, 3.05) is 12.8 Å². The molecular formula is C11H16N2O2. The molecule has 0 fully saturated rings. The highest BCUT2D eigenvalue weighted by Gasteiger charge is 2.18. The smallest absolute Gasteiger partial charge is 0.341 e. The molecule has 0 aromatic carbocycles. The molecule has 15 heavy (non-hydrogen) atoms. The summed E-state index contributed by atoms with van der Waals surface area (Å²) >= 11 is 0. The summed E-state index contributed by atoms with van der Waals surface area (Å²) in [6.07, 6.45) is 0. The van der Waals surface area contributed by atoms with Crippen LogP contribution in [0.15, 0.2) is 12.1 Å². The van der Waals surface area contributed by atoms with E-state index in [0.717, 1.165) is 5.69 Å². The van der Waals surface area contributed by atoms with E-state index in [4.69, 9.17) is 5.73 Å². The van der Waals surface area contributed by atoms with Crippen molar-refractivity contribution in [2.45, 2.75) is 26.2 Å². The highest BCUT2D eigenvalue weighted by atomic mass is 16.5. The summed E-state index contributed by atoms with van der Waals surface area (Å²) in [5.41, 5.74) is 6.77. The number of pyridine rings is 1. The van der Waals surface area contributed by atoms with E-state index in [2.05, 4.69) is 9.72 Å². The van der Waals surface area contributed by atoms with Crippen LogP contribution in [0.2, 0.25) is 0 Å². The van der Waals surface area contributed by atoms with Gasteiger partial charge in [-0.05, 0) is 12.1 Å². The minimum absolute atomic E-state index is 0.0806. The fourth-order valence-electron chi connectivity index (χ4n) is 1.18. The van der Waals surface area contributed by atoms with E-state index in [0.29, 0.717) is 5.56 Å². The van der Waals surface area contributed by atoms with Gasteiger partial charge in [0, 0.05) is 11.1 Å². The molecule has 0 spiro atoms. The Kier molecular flexibility index (Phi) is 2.98. The molecule has 0 amide bonds. The summed E-state index contributed by atoms with van der Waals surface area (Å²) in [7, 11) is 1.32. The van der Waals surface area contributed by atoms with E-state index >= 15 is 0 Å². The van der Waals surface area contributed by atoms with Gasteiger partial charge < -0.3 is 10.5 Å². The highest BCUT2D eigenvalue weighted by Crippen LogP contribution is 2.22. The standard InChI is InChI=1S/C11H16N2O2/c1-11(2,3)8-6-5-7(9(12)13-8)10(14)15-4/h5-6H,1-4H3,(H2,12,13). The lowest BCUT2D eigenvalue weighted by atomic mass is 9.91. The number of esters is 1. The molecule has 0 unspecified atom stereocenters. The number of aromatic nitrogens is 1. The van der Waals surface area contributed by atoms with Crippen molar-refractivity contribution < 1.29 is 9.53 Å². The maximum atomic E-state index is 11.3. The van der Waals surface area contributed by atoms with Crippen molar-refractivity contribution in [3.63, 3.8) is 0 Å². The Bertz CT molecular complexity index is 381. The summed E-state index contributed by atoms with van der Waals surface area (Å²) < 4.78 is 4.58. The first-order valence-electron chi connectivity index (χ1n) is 4.71. The van der Waals surface area contributed by atoms with Crippen molar-refractivity contribution in [2.24, 2.45) is 0 Å². The van der Waals surface area contributed by atoms with Gasteiger partial charge in [-0.1, -0.05) is 20.8 Å². The molecule has 0 radical (unpaired) electrons. The molecule has 1 heterocycles. The Morgan fingerprint density at radius 2 is 2.00 bits per heavy atom. The maximum absolute atomic E-state index is 11.3.